The molecule has 0 fully saturated rings. The third-order valence-corrected chi connectivity index (χ3v) is 4.98. The first-order chi connectivity index (χ1) is 12.4. The normalized spacial score (nSPS) is 10.8. The van der Waals surface area contributed by atoms with Crippen molar-refractivity contribution in [2.45, 2.75) is 11.5 Å². The Bertz CT molecular complexity index is 950. The highest BCUT2D eigenvalue weighted by Gasteiger charge is 2.17. The van der Waals surface area contributed by atoms with Gasteiger partial charge in [-0.05, 0) is 36.4 Å². The van der Waals surface area contributed by atoms with Crippen LogP contribution in [0.4, 0.5) is 0 Å². The number of nitrogens with one attached hydrogen (secondary N) is 1. The molecule has 2 rings (SSSR count). The number of hydrogen-bond donors (Lipinski definition) is 1. The maximum absolute atomic E-state index is 12.3. The number of carbonyl (C=O) groups is 1. The summed E-state index contributed by atoms with van der Waals surface area (Å²) in [6, 6.07) is 10.4. The Morgan fingerprint density at radius 3 is 2.73 bits per heavy atom. The number of rotatable bonds is 7. The molecule has 2 aromatic carbocycles. The van der Waals surface area contributed by atoms with Crippen molar-refractivity contribution in [3.8, 4) is 18.1 Å². The summed E-state index contributed by atoms with van der Waals surface area (Å²) in [6.45, 7) is -0.222. The minimum atomic E-state index is -3.80. The molecule has 0 aromatic heterocycles. The molecule has 0 saturated carbocycles. The maximum Gasteiger partial charge on any atom is 0.338 e. The molecule has 0 heterocycles. The van der Waals surface area contributed by atoms with Crippen LogP contribution in [0, 0.1) is 12.3 Å². The average Bonchev–Trinajstić information content (AvgIpc) is 2.64. The predicted octanol–water partition coefficient (Wildman–Crippen LogP) is 2.62. The molecule has 1 N–H and O–H groups in total. The van der Waals surface area contributed by atoms with Gasteiger partial charge in [0.25, 0.3) is 0 Å². The minimum Gasteiger partial charge on any atom is -0.496 e. The summed E-state index contributed by atoms with van der Waals surface area (Å²) in [4.78, 5) is 12.2. The number of benzene rings is 2. The SMILES string of the molecule is C#CCNS(=O)(=O)c1cccc(C(=O)OCc2cc(Cl)ccc2OC)c1. The number of methoxy groups -OCH3 is 1. The molecule has 0 unspecified atom stereocenters. The van der Waals surface area contributed by atoms with Gasteiger partial charge in [-0.2, -0.15) is 4.72 Å². The second-order valence-corrected chi connectivity index (χ2v) is 7.29. The third-order valence-electron chi connectivity index (χ3n) is 3.35. The molecule has 136 valence electrons. The second kappa shape index (κ2) is 8.72. The van der Waals surface area contributed by atoms with Crippen LogP contribution in [0.15, 0.2) is 47.4 Å². The Kier molecular flexibility index (Phi) is 6.64. The van der Waals surface area contributed by atoms with Gasteiger partial charge in [-0.3, -0.25) is 0 Å². The fourth-order valence-electron chi connectivity index (χ4n) is 2.10. The van der Waals surface area contributed by atoms with Crippen molar-refractivity contribution in [1.29, 1.82) is 0 Å². The second-order valence-electron chi connectivity index (χ2n) is 5.09. The van der Waals surface area contributed by atoms with Crippen molar-refractivity contribution < 1.29 is 22.7 Å². The summed E-state index contributed by atoms with van der Waals surface area (Å²) in [7, 11) is -2.31. The zero-order chi connectivity index (χ0) is 19.2. The minimum absolute atomic E-state index is 0.0745. The first-order valence-corrected chi connectivity index (χ1v) is 9.26. The topological polar surface area (TPSA) is 81.7 Å². The van der Waals surface area contributed by atoms with E-state index < -0.39 is 16.0 Å². The molecule has 0 radical (unpaired) electrons. The van der Waals surface area contributed by atoms with E-state index in [1.165, 1.54) is 31.4 Å². The summed E-state index contributed by atoms with van der Waals surface area (Å²) in [5.74, 6) is 2.03. The van der Waals surface area contributed by atoms with E-state index >= 15 is 0 Å². The van der Waals surface area contributed by atoms with Crippen LogP contribution in [0.3, 0.4) is 0 Å². The Labute approximate surface area is 157 Å². The van der Waals surface area contributed by atoms with E-state index in [2.05, 4.69) is 10.6 Å². The molecule has 0 amide bonds. The van der Waals surface area contributed by atoms with Crippen LogP contribution in [0.1, 0.15) is 15.9 Å². The molecule has 0 aliphatic heterocycles. The van der Waals surface area contributed by atoms with Gasteiger partial charge in [-0.25, -0.2) is 13.2 Å². The number of hydrogen-bond acceptors (Lipinski definition) is 5. The lowest BCUT2D eigenvalue weighted by Crippen LogP contribution is -2.24. The largest absolute Gasteiger partial charge is 0.496 e. The van der Waals surface area contributed by atoms with Crippen LogP contribution in [0.2, 0.25) is 5.02 Å². The number of ether oxygens (including phenoxy) is 2. The first kappa shape index (κ1) is 19.8. The zero-order valence-corrected chi connectivity index (χ0v) is 15.4. The summed E-state index contributed by atoms with van der Waals surface area (Å²) in [6.07, 6.45) is 5.05. The number of sulfonamides is 1. The maximum atomic E-state index is 12.3. The van der Waals surface area contributed by atoms with Crippen LogP contribution in [0.25, 0.3) is 0 Å². The molecule has 0 saturated heterocycles. The van der Waals surface area contributed by atoms with Crippen molar-refractivity contribution >= 4 is 27.6 Å². The smallest absolute Gasteiger partial charge is 0.338 e. The Balaban J connectivity index is 2.15. The zero-order valence-electron chi connectivity index (χ0n) is 13.9. The average molecular weight is 394 g/mol. The van der Waals surface area contributed by atoms with Crippen LogP contribution < -0.4 is 9.46 Å². The molecule has 26 heavy (non-hydrogen) atoms. The highest BCUT2D eigenvalue weighted by molar-refractivity contribution is 7.89. The van der Waals surface area contributed by atoms with Crippen molar-refractivity contribution in [1.82, 2.24) is 4.72 Å². The van der Waals surface area contributed by atoms with Gasteiger partial charge in [0.05, 0.1) is 24.1 Å². The molecule has 0 spiro atoms. The lowest BCUT2D eigenvalue weighted by Gasteiger charge is -2.10. The standard InChI is InChI=1S/C18H16ClNO5S/c1-3-9-20-26(22,23)16-6-4-5-13(11-16)18(21)25-12-14-10-15(19)7-8-17(14)24-2/h1,4-8,10-11,20H,9,12H2,2H3. The monoisotopic (exact) mass is 393 g/mol. The van der Waals surface area contributed by atoms with Gasteiger partial charge in [0.15, 0.2) is 0 Å². The van der Waals surface area contributed by atoms with Gasteiger partial charge >= 0.3 is 5.97 Å². The van der Waals surface area contributed by atoms with E-state index in [9.17, 15) is 13.2 Å². The summed E-state index contributed by atoms with van der Waals surface area (Å²) in [5, 5.41) is 0.476. The van der Waals surface area contributed by atoms with Crippen LogP contribution in [-0.2, 0) is 21.4 Å². The van der Waals surface area contributed by atoms with Gasteiger partial charge in [-0.1, -0.05) is 23.6 Å². The van der Waals surface area contributed by atoms with E-state index in [1.807, 2.05) is 0 Å². The highest BCUT2D eigenvalue weighted by atomic mass is 35.5. The van der Waals surface area contributed by atoms with Gasteiger partial charge in [0.1, 0.15) is 12.4 Å². The Morgan fingerprint density at radius 1 is 1.27 bits per heavy atom. The van der Waals surface area contributed by atoms with E-state index in [4.69, 9.17) is 27.5 Å². The van der Waals surface area contributed by atoms with Crippen molar-refractivity contribution in [2.24, 2.45) is 0 Å². The van der Waals surface area contributed by atoms with Crippen molar-refractivity contribution in [3.05, 3.63) is 58.6 Å². The van der Waals surface area contributed by atoms with Crippen LogP contribution in [0.5, 0.6) is 5.75 Å². The number of halogens is 1. The highest BCUT2D eigenvalue weighted by Crippen LogP contribution is 2.23. The Morgan fingerprint density at radius 2 is 2.04 bits per heavy atom. The molecule has 2 aromatic rings. The fourth-order valence-corrected chi connectivity index (χ4v) is 3.27. The van der Waals surface area contributed by atoms with Crippen LogP contribution in [-0.4, -0.2) is 28.0 Å². The van der Waals surface area contributed by atoms with Crippen LogP contribution >= 0.6 is 11.6 Å². The lowest BCUT2D eigenvalue weighted by molar-refractivity contribution is 0.0470. The van der Waals surface area contributed by atoms with Gasteiger partial charge < -0.3 is 9.47 Å². The lowest BCUT2D eigenvalue weighted by atomic mass is 10.2. The Hall–Kier alpha value is -2.53. The first-order valence-electron chi connectivity index (χ1n) is 7.40. The van der Waals surface area contributed by atoms with E-state index in [0.717, 1.165) is 0 Å². The van der Waals surface area contributed by atoms with E-state index in [-0.39, 0.29) is 23.6 Å². The molecular weight excluding hydrogens is 378 g/mol. The summed E-state index contributed by atoms with van der Waals surface area (Å²) < 4.78 is 36.8. The molecule has 0 atom stereocenters. The van der Waals surface area contributed by atoms with E-state index in [1.54, 1.807) is 18.2 Å². The van der Waals surface area contributed by atoms with Gasteiger partial charge in [-0.15, -0.1) is 6.42 Å². The summed E-state index contributed by atoms with van der Waals surface area (Å²) >= 11 is 5.94. The molecule has 0 bridgehead atoms. The third kappa shape index (κ3) is 4.99. The molecular formula is C18H16ClNO5S. The van der Waals surface area contributed by atoms with E-state index in [0.29, 0.717) is 16.3 Å². The molecule has 0 aliphatic rings. The van der Waals surface area contributed by atoms with Gasteiger partial charge in [0.2, 0.25) is 10.0 Å². The van der Waals surface area contributed by atoms with Crippen molar-refractivity contribution in [2.75, 3.05) is 13.7 Å². The quantitative estimate of drug-likeness (QED) is 0.577. The number of carbonyl (C=O) groups excluding carboxylic acids is 1. The molecule has 6 nitrogen and oxygen atoms in total. The molecule has 8 heteroatoms. The fraction of sp³-hybridized carbons (Fsp3) is 0.167. The number of esters is 1. The van der Waals surface area contributed by atoms with Crippen molar-refractivity contribution in [3.63, 3.8) is 0 Å². The summed E-state index contributed by atoms with van der Waals surface area (Å²) in [5.41, 5.74) is 0.683. The predicted molar refractivity (Wildman–Crippen MR) is 97.6 cm³/mol. The molecule has 0 aliphatic carbocycles. The number of terminal acetylenes is 1. The van der Waals surface area contributed by atoms with Gasteiger partial charge in [0, 0.05) is 10.6 Å².